The lowest BCUT2D eigenvalue weighted by atomic mass is 10.0. The average molecular weight is 241 g/mol. The monoisotopic (exact) mass is 241 g/mol. The van der Waals surface area contributed by atoms with Gasteiger partial charge >= 0.3 is 0 Å². The van der Waals surface area contributed by atoms with Gasteiger partial charge in [0, 0.05) is 11.6 Å². The Kier molecular flexibility index (Phi) is 3.98. The van der Waals surface area contributed by atoms with Crippen LogP contribution in [0.15, 0.2) is 42.5 Å². The lowest BCUT2D eigenvalue weighted by Crippen LogP contribution is -2.21. The van der Waals surface area contributed by atoms with Gasteiger partial charge in [0.2, 0.25) is 5.91 Å². The molecule has 2 rings (SSSR count). The first-order chi connectivity index (χ1) is 8.74. The van der Waals surface area contributed by atoms with Gasteiger partial charge in [0.15, 0.2) is 0 Å². The third-order valence-corrected chi connectivity index (χ3v) is 3.37. The summed E-state index contributed by atoms with van der Waals surface area (Å²) < 4.78 is 0. The van der Waals surface area contributed by atoms with Crippen LogP contribution in [0.3, 0.4) is 0 Å². The van der Waals surface area contributed by atoms with Crippen molar-refractivity contribution in [1.82, 2.24) is 0 Å². The Hall–Kier alpha value is -1.83. The lowest BCUT2D eigenvalue weighted by Gasteiger charge is -2.13. The van der Waals surface area contributed by atoms with Crippen LogP contribution in [0.25, 0.3) is 10.8 Å². The van der Waals surface area contributed by atoms with Gasteiger partial charge in [-0.15, -0.1) is 0 Å². The number of amides is 1. The Morgan fingerprint density at radius 1 is 1.06 bits per heavy atom. The zero-order valence-corrected chi connectivity index (χ0v) is 10.9. The molecule has 1 amide bonds. The van der Waals surface area contributed by atoms with Gasteiger partial charge in [-0.25, -0.2) is 0 Å². The smallest absolute Gasteiger partial charge is 0.227 e. The minimum atomic E-state index is 0.108. The van der Waals surface area contributed by atoms with E-state index >= 15 is 0 Å². The molecule has 0 fully saturated rings. The van der Waals surface area contributed by atoms with Gasteiger partial charge in [-0.1, -0.05) is 44.2 Å². The molecule has 0 radical (unpaired) electrons. The largest absolute Gasteiger partial charge is 0.326 e. The highest BCUT2D eigenvalue weighted by molar-refractivity contribution is 5.95. The molecule has 94 valence electrons. The number of benzene rings is 2. The molecule has 0 bridgehead atoms. The first-order valence-corrected chi connectivity index (χ1v) is 6.54. The van der Waals surface area contributed by atoms with Gasteiger partial charge in [0.25, 0.3) is 0 Å². The molecule has 0 heterocycles. The summed E-state index contributed by atoms with van der Waals surface area (Å²) in [5, 5.41) is 5.34. The highest BCUT2D eigenvalue weighted by atomic mass is 16.1. The first-order valence-electron chi connectivity index (χ1n) is 6.54. The number of fused-ring (bicyclic) bond motifs is 1. The van der Waals surface area contributed by atoms with E-state index in [0.717, 1.165) is 23.9 Å². The standard InChI is InChI=1S/C16H19NO/c1-3-12(4-2)16(18)17-15-10-9-13-7-5-6-8-14(13)11-15/h5-12H,3-4H2,1-2H3,(H,17,18). The highest BCUT2D eigenvalue weighted by Crippen LogP contribution is 2.20. The van der Waals surface area contributed by atoms with Gasteiger partial charge in [-0.3, -0.25) is 4.79 Å². The molecule has 2 aromatic rings. The van der Waals surface area contributed by atoms with E-state index in [1.807, 2.05) is 44.2 Å². The third kappa shape index (κ3) is 2.70. The number of hydrogen-bond donors (Lipinski definition) is 1. The third-order valence-electron chi connectivity index (χ3n) is 3.37. The van der Waals surface area contributed by atoms with Crippen molar-refractivity contribution < 1.29 is 4.79 Å². The fraction of sp³-hybridized carbons (Fsp3) is 0.312. The minimum Gasteiger partial charge on any atom is -0.326 e. The molecule has 0 aliphatic rings. The number of carbonyl (C=O) groups is 1. The molecule has 0 aromatic heterocycles. The van der Waals surface area contributed by atoms with Crippen molar-refractivity contribution in [3.63, 3.8) is 0 Å². The van der Waals surface area contributed by atoms with Crippen LogP contribution in [0.4, 0.5) is 5.69 Å². The second-order valence-electron chi connectivity index (χ2n) is 4.56. The molecular formula is C16H19NO. The van der Waals surface area contributed by atoms with Crippen molar-refractivity contribution in [3.8, 4) is 0 Å². The summed E-state index contributed by atoms with van der Waals surface area (Å²) in [6.07, 6.45) is 1.77. The number of carbonyl (C=O) groups excluding carboxylic acids is 1. The van der Waals surface area contributed by atoms with Crippen LogP contribution < -0.4 is 5.32 Å². The molecule has 18 heavy (non-hydrogen) atoms. The predicted octanol–water partition coefficient (Wildman–Crippen LogP) is 4.21. The molecular weight excluding hydrogens is 222 g/mol. The molecule has 1 N–H and O–H groups in total. The van der Waals surface area contributed by atoms with E-state index in [0.29, 0.717) is 0 Å². The maximum Gasteiger partial charge on any atom is 0.227 e. The summed E-state index contributed by atoms with van der Waals surface area (Å²) in [5.41, 5.74) is 0.880. The Labute approximate surface area is 108 Å². The lowest BCUT2D eigenvalue weighted by molar-refractivity contribution is -0.120. The van der Waals surface area contributed by atoms with E-state index in [9.17, 15) is 4.79 Å². The molecule has 0 unspecified atom stereocenters. The molecule has 0 spiro atoms. The summed E-state index contributed by atoms with van der Waals surface area (Å²) in [5.74, 6) is 0.228. The Bertz CT molecular complexity index is 544. The van der Waals surface area contributed by atoms with E-state index in [2.05, 4.69) is 17.4 Å². The molecule has 2 aromatic carbocycles. The Morgan fingerprint density at radius 3 is 2.39 bits per heavy atom. The number of rotatable bonds is 4. The van der Waals surface area contributed by atoms with E-state index in [1.165, 1.54) is 5.39 Å². The van der Waals surface area contributed by atoms with Crippen LogP contribution in [0.2, 0.25) is 0 Å². The molecule has 0 atom stereocenters. The van der Waals surface area contributed by atoms with Gasteiger partial charge in [-0.2, -0.15) is 0 Å². The SMILES string of the molecule is CCC(CC)C(=O)Nc1ccc2ccccc2c1. The van der Waals surface area contributed by atoms with Gasteiger partial charge in [-0.05, 0) is 35.7 Å². The summed E-state index contributed by atoms with van der Waals surface area (Å²) >= 11 is 0. The van der Waals surface area contributed by atoms with E-state index in [-0.39, 0.29) is 11.8 Å². The maximum atomic E-state index is 12.0. The second-order valence-corrected chi connectivity index (χ2v) is 4.56. The predicted molar refractivity (Wildman–Crippen MR) is 76.6 cm³/mol. The molecule has 2 nitrogen and oxygen atoms in total. The minimum absolute atomic E-state index is 0.108. The van der Waals surface area contributed by atoms with Gasteiger partial charge < -0.3 is 5.32 Å². The first kappa shape index (κ1) is 12.6. The Morgan fingerprint density at radius 2 is 1.72 bits per heavy atom. The number of anilines is 1. The second kappa shape index (κ2) is 5.67. The van der Waals surface area contributed by atoms with E-state index in [4.69, 9.17) is 0 Å². The van der Waals surface area contributed by atoms with Crippen molar-refractivity contribution in [2.45, 2.75) is 26.7 Å². The summed E-state index contributed by atoms with van der Waals surface area (Å²) in [6, 6.07) is 14.2. The van der Waals surface area contributed by atoms with Crippen LogP contribution in [-0.4, -0.2) is 5.91 Å². The Balaban J connectivity index is 2.19. The van der Waals surface area contributed by atoms with Crippen molar-refractivity contribution in [3.05, 3.63) is 42.5 Å². The summed E-state index contributed by atoms with van der Waals surface area (Å²) in [6.45, 7) is 4.10. The molecule has 2 heteroatoms. The van der Waals surface area contributed by atoms with E-state index < -0.39 is 0 Å². The van der Waals surface area contributed by atoms with Crippen LogP contribution in [-0.2, 0) is 4.79 Å². The summed E-state index contributed by atoms with van der Waals surface area (Å²) in [4.78, 5) is 12.0. The topological polar surface area (TPSA) is 29.1 Å². The molecule has 0 aliphatic carbocycles. The molecule has 0 saturated carbocycles. The van der Waals surface area contributed by atoms with Crippen LogP contribution in [0.5, 0.6) is 0 Å². The van der Waals surface area contributed by atoms with Gasteiger partial charge in [0.1, 0.15) is 0 Å². The van der Waals surface area contributed by atoms with Crippen molar-refractivity contribution in [1.29, 1.82) is 0 Å². The highest BCUT2D eigenvalue weighted by Gasteiger charge is 2.13. The van der Waals surface area contributed by atoms with Crippen LogP contribution in [0, 0.1) is 5.92 Å². The number of nitrogens with one attached hydrogen (secondary N) is 1. The maximum absolute atomic E-state index is 12.0. The van der Waals surface area contributed by atoms with E-state index in [1.54, 1.807) is 0 Å². The van der Waals surface area contributed by atoms with Gasteiger partial charge in [0.05, 0.1) is 0 Å². The fourth-order valence-electron chi connectivity index (χ4n) is 2.17. The zero-order chi connectivity index (χ0) is 13.0. The zero-order valence-electron chi connectivity index (χ0n) is 10.9. The summed E-state index contributed by atoms with van der Waals surface area (Å²) in [7, 11) is 0. The molecule has 0 aliphatic heterocycles. The average Bonchev–Trinajstić information content (AvgIpc) is 2.40. The van der Waals surface area contributed by atoms with Crippen LogP contribution >= 0.6 is 0 Å². The van der Waals surface area contributed by atoms with Crippen molar-refractivity contribution in [2.24, 2.45) is 5.92 Å². The normalized spacial score (nSPS) is 10.8. The van der Waals surface area contributed by atoms with Crippen molar-refractivity contribution >= 4 is 22.4 Å². The quantitative estimate of drug-likeness (QED) is 0.853. The van der Waals surface area contributed by atoms with Crippen LogP contribution in [0.1, 0.15) is 26.7 Å². The molecule has 0 saturated heterocycles. The fourth-order valence-corrected chi connectivity index (χ4v) is 2.17. The van der Waals surface area contributed by atoms with Crippen molar-refractivity contribution in [2.75, 3.05) is 5.32 Å². The number of hydrogen-bond acceptors (Lipinski definition) is 1.